The van der Waals surface area contributed by atoms with Gasteiger partial charge < -0.3 is 9.15 Å². The Morgan fingerprint density at radius 1 is 1.67 bits per heavy atom. The lowest BCUT2D eigenvalue weighted by atomic mass is 10.4. The van der Waals surface area contributed by atoms with Crippen LogP contribution in [0.15, 0.2) is 22.8 Å². The Labute approximate surface area is 84.5 Å². The fourth-order valence-corrected chi connectivity index (χ4v) is 0.971. The lowest BCUT2D eigenvalue weighted by Gasteiger charge is -1.95. The average molecular weight is 208 g/mol. The number of hydrogen-bond donors (Lipinski definition) is 2. The predicted octanol–water partition coefficient (Wildman–Crippen LogP) is 0.659. The number of aromatic amines is 1. The Hall–Kier alpha value is -2.31. The number of aromatic nitrogens is 3. The second-order valence-corrected chi connectivity index (χ2v) is 2.60. The van der Waals surface area contributed by atoms with E-state index in [0.717, 1.165) is 0 Å². The largest absolute Gasteiger partial charge is 0.466 e. The maximum Gasteiger partial charge on any atom is 0.336 e. The zero-order valence-electron chi connectivity index (χ0n) is 7.85. The summed E-state index contributed by atoms with van der Waals surface area (Å²) in [6.45, 7) is 0. The normalized spacial score (nSPS) is 9.93. The predicted molar refractivity (Wildman–Crippen MR) is 49.6 cm³/mol. The van der Waals surface area contributed by atoms with Crippen LogP contribution in [0, 0.1) is 0 Å². The van der Waals surface area contributed by atoms with Crippen molar-refractivity contribution >= 4 is 11.9 Å². The van der Waals surface area contributed by atoms with E-state index in [0.29, 0.717) is 0 Å². The molecule has 0 saturated heterocycles. The van der Waals surface area contributed by atoms with E-state index in [4.69, 9.17) is 9.15 Å². The first-order chi connectivity index (χ1) is 7.29. The highest BCUT2D eigenvalue weighted by molar-refractivity contribution is 6.01. The minimum atomic E-state index is -0.404. The maximum absolute atomic E-state index is 11.4. The van der Waals surface area contributed by atoms with E-state index >= 15 is 0 Å². The maximum atomic E-state index is 11.4. The Kier molecular flexibility index (Phi) is 2.36. The first-order valence-corrected chi connectivity index (χ1v) is 4.11. The first kappa shape index (κ1) is 9.25. The Bertz CT molecular complexity index is 448. The van der Waals surface area contributed by atoms with Gasteiger partial charge in [0.2, 0.25) is 5.95 Å². The highest BCUT2D eigenvalue weighted by Gasteiger charge is 2.11. The molecule has 2 rings (SSSR count). The molecule has 0 aliphatic rings. The van der Waals surface area contributed by atoms with Gasteiger partial charge in [-0.3, -0.25) is 10.1 Å². The van der Waals surface area contributed by atoms with E-state index in [2.05, 4.69) is 20.5 Å². The van der Waals surface area contributed by atoms with Gasteiger partial charge >= 0.3 is 6.01 Å². The molecule has 0 unspecified atom stereocenters. The number of anilines is 1. The van der Waals surface area contributed by atoms with E-state index in [-0.39, 0.29) is 17.7 Å². The fourth-order valence-electron chi connectivity index (χ4n) is 0.971. The summed E-state index contributed by atoms with van der Waals surface area (Å²) in [4.78, 5) is 15.3. The minimum absolute atomic E-state index is 0.157. The molecule has 2 N–H and O–H groups in total. The molecule has 78 valence electrons. The van der Waals surface area contributed by atoms with Crippen LogP contribution in [0.5, 0.6) is 6.01 Å². The summed E-state index contributed by atoms with van der Waals surface area (Å²) in [6, 6.07) is 3.32. The first-order valence-electron chi connectivity index (χ1n) is 4.11. The topological polar surface area (TPSA) is 93.0 Å². The van der Waals surface area contributed by atoms with E-state index < -0.39 is 5.91 Å². The molecule has 2 aromatic heterocycles. The number of amides is 1. The molecule has 7 heteroatoms. The molecule has 0 aliphatic heterocycles. The molecule has 0 radical (unpaired) electrons. The van der Waals surface area contributed by atoms with Gasteiger partial charge in [0.25, 0.3) is 5.91 Å². The lowest BCUT2D eigenvalue weighted by Crippen LogP contribution is -2.11. The van der Waals surface area contributed by atoms with E-state index in [1.54, 1.807) is 12.1 Å². The smallest absolute Gasteiger partial charge is 0.336 e. The number of furan rings is 1. The van der Waals surface area contributed by atoms with E-state index in [9.17, 15) is 4.79 Å². The molecule has 0 spiro atoms. The number of H-pyrrole nitrogens is 1. The third-order valence-corrected chi connectivity index (χ3v) is 1.62. The summed E-state index contributed by atoms with van der Waals surface area (Å²) in [5.41, 5.74) is 0. The number of hydrogen-bond acceptors (Lipinski definition) is 5. The Morgan fingerprint density at radius 2 is 2.53 bits per heavy atom. The van der Waals surface area contributed by atoms with Gasteiger partial charge in [-0.05, 0) is 12.1 Å². The summed E-state index contributed by atoms with van der Waals surface area (Å²) < 4.78 is 9.63. The number of carbonyl (C=O) groups is 1. The van der Waals surface area contributed by atoms with Crippen molar-refractivity contribution in [3.63, 3.8) is 0 Å². The van der Waals surface area contributed by atoms with Gasteiger partial charge in [0.05, 0.1) is 13.4 Å². The highest BCUT2D eigenvalue weighted by atomic mass is 16.5. The van der Waals surface area contributed by atoms with Crippen molar-refractivity contribution in [1.82, 2.24) is 15.2 Å². The van der Waals surface area contributed by atoms with Crippen molar-refractivity contribution < 1.29 is 13.9 Å². The second kappa shape index (κ2) is 3.82. The van der Waals surface area contributed by atoms with Crippen LogP contribution in [0.4, 0.5) is 5.95 Å². The van der Waals surface area contributed by atoms with Crippen LogP contribution < -0.4 is 10.1 Å². The molecule has 0 saturated carbocycles. The number of nitrogens with one attached hydrogen (secondary N) is 2. The molecule has 0 atom stereocenters. The van der Waals surface area contributed by atoms with Crippen LogP contribution in [0.2, 0.25) is 0 Å². The number of nitrogens with zero attached hydrogens (tertiary/aromatic N) is 2. The van der Waals surface area contributed by atoms with Crippen molar-refractivity contribution in [2.45, 2.75) is 0 Å². The Balaban J connectivity index is 2.06. The minimum Gasteiger partial charge on any atom is -0.466 e. The molecule has 0 aromatic carbocycles. The molecule has 2 heterocycles. The number of methoxy groups -OCH3 is 1. The van der Waals surface area contributed by atoms with Crippen molar-refractivity contribution in [1.29, 1.82) is 0 Å². The lowest BCUT2D eigenvalue weighted by molar-refractivity contribution is 0.0996. The van der Waals surface area contributed by atoms with Gasteiger partial charge in [0, 0.05) is 0 Å². The van der Waals surface area contributed by atoms with Gasteiger partial charge in [0.1, 0.15) is 0 Å². The van der Waals surface area contributed by atoms with Crippen molar-refractivity contribution in [2.75, 3.05) is 12.4 Å². The molecule has 0 aliphatic carbocycles. The highest BCUT2D eigenvalue weighted by Crippen LogP contribution is 2.07. The van der Waals surface area contributed by atoms with Gasteiger partial charge in [-0.25, -0.2) is 5.10 Å². The van der Waals surface area contributed by atoms with Crippen LogP contribution in [-0.4, -0.2) is 28.2 Å². The van der Waals surface area contributed by atoms with Crippen molar-refractivity contribution in [3.05, 3.63) is 24.2 Å². The van der Waals surface area contributed by atoms with Gasteiger partial charge in [-0.1, -0.05) is 0 Å². The van der Waals surface area contributed by atoms with E-state index in [1.807, 2.05) is 0 Å². The monoisotopic (exact) mass is 208 g/mol. The second-order valence-electron chi connectivity index (χ2n) is 2.60. The van der Waals surface area contributed by atoms with Gasteiger partial charge in [0.15, 0.2) is 5.76 Å². The van der Waals surface area contributed by atoms with Crippen molar-refractivity contribution in [3.8, 4) is 6.01 Å². The summed E-state index contributed by atoms with van der Waals surface area (Å²) in [5, 5.41) is 8.61. The molecule has 0 fully saturated rings. The number of ether oxygens (including phenoxy) is 1. The molecule has 0 bridgehead atoms. The summed E-state index contributed by atoms with van der Waals surface area (Å²) in [7, 11) is 1.43. The number of carbonyl (C=O) groups excluding carboxylic acids is 1. The summed E-state index contributed by atoms with van der Waals surface area (Å²) in [5.74, 6) is -0.00239. The average Bonchev–Trinajstić information content (AvgIpc) is 2.87. The molecular formula is C8H8N4O3. The molecule has 7 nitrogen and oxygen atoms in total. The van der Waals surface area contributed by atoms with Crippen LogP contribution in [0.1, 0.15) is 10.6 Å². The zero-order valence-corrected chi connectivity index (χ0v) is 7.85. The van der Waals surface area contributed by atoms with Crippen LogP contribution >= 0.6 is 0 Å². The number of rotatable bonds is 3. The van der Waals surface area contributed by atoms with E-state index in [1.165, 1.54) is 13.4 Å². The SMILES string of the molecule is COc1n[nH]c(NC(=O)c2ccco2)n1. The molecule has 2 aromatic rings. The quantitative estimate of drug-likeness (QED) is 0.772. The zero-order chi connectivity index (χ0) is 10.7. The molecule has 1 amide bonds. The third kappa shape index (κ3) is 1.96. The summed E-state index contributed by atoms with van der Waals surface area (Å²) >= 11 is 0. The standard InChI is InChI=1S/C8H8N4O3/c1-14-8-10-7(11-12-8)9-6(13)5-3-2-4-15-5/h2-4H,1H3,(H2,9,10,11,12,13). The molecule has 15 heavy (non-hydrogen) atoms. The van der Waals surface area contributed by atoms with Crippen LogP contribution in [0.3, 0.4) is 0 Å². The fraction of sp³-hybridized carbons (Fsp3) is 0.125. The van der Waals surface area contributed by atoms with Gasteiger partial charge in [-0.15, -0.1) is 5.10 Å². The van der Waals surface area contributed by atoms with Crippen molar-refractivity contribution in [2.24, 2.45) is 0 Å². The van der Waals surface area contributed by atoms with Gasteiger partial charge in [-0.2, -0.15) is 4.98 Å². The van der Waals surface area contributed by atoms with Crippen LogP contribution in [-0.2, 0) is 0 Å². The third-order valence-electron chi connectivity index (χ3n) is 1.62. The van der Waals surface area contributed by atoms with Crippen LogP contribution in [0.25, 0.3) is 0 Å². The summed E-state index contributed by atoms with van der Waals surface area (Å²) in [6.07, 6.45) is 1.41. The Morgan fingerprint density at radius 3 is 3.13 bits per heavy atom. The molecular weight excluding hydrogens is 200 g/mol.